The summed E-state index contributed by atoms with van der Waals surface area (Å²) in [7, 11) is 0. The van der Waals surface area contributed by atoms with Gasteiger partial charge in [0.2, 0.25) is 5.91 Å². The molecule has 1 saturated heterocycles. The Morgan fingerprint density at radius 2 is 2.08 bits per heavy atom. The van der Waals surface area contributed by atoms with Gasteiger partial charge in [-0.15, -0.1) is 12.4 Å². The highest BCUT2D eigenvalue weighted by Crippen LogP contribution is 2.59. The van der Waals surface area contributed by atoms with Crippen molar-refractivity contribution in [2.24, 2.45) is 11.7 Å². The number of piperidine rings is 1. The number of nitrogens with one attached hydrogen (secondary N) is 1. The number of hydrogen-bond donors (Lipinski definition) is 2. The number of halogens is 2. The van der Waals surface area contributed by atoms with Gasteiger partial charge >= 0.3 is 0 Å². The van der Waals surface area contributed by atoms with E-state index < -0.39 is 5.82 Å². The van der Waals surface area contributed by atoms with E-state index in [2.05, 4.69) is 21.4 Å². The number of primary amides is 1. The number of amides is 1. The quantitative estimate of drug-likeness (QED) is 0.889. The number of hydrogen-bond acceptors (Lipinski definition) is 4. The average molecular weight is 349 g/mol. The lowest BCUT2D eigenvalue weighted by Crippen LogP contribution is -2.42. The third kappa shape index (κ3) is 2.56. The van der Waals surface area contributed by atoms with E-state index in [1.165, 1.54) is 12.4 Å². The molecule has 2 fully saturated rings. The summed E-state index contributed by atoms with van der Waals surface area (Å²) in [6.45, 7) is 1.97. The van der Waals surface area contributed by atoms with Crippen molar-refractivity contribution in [3.63, 3.8) is 0 Å². The van der Waals surface area contributed by atoms with Gasteiger partial charge in [0.15, 0.2) is 11.6 Å². The Kier molecular flexibility index (Phi) is 4.05. The number of rotatable bonds is 3. The molecule has 126 valence electrons. The molecule has 0 bridgehead atoms. The lowest BCUT2D eigenvalue weighted by Gasteiger charge is -2.19. The second-order valence-electron chi connectivity index (χ2n) is 6.46. The normalized spacial score (nSPS) is 27.2. The molecule has 2 aromatic rings. The minimum atomic E-state index is -0.454. The number of nitrogens with two attached hydrogens (primary N) is 1. The van der Waals surface area contributed by atoms with Crippen LogP contribution in [0.3, 0.4) is 0 Å². The maximum absolute atomic E-state index is 13.0. The summed E-state index contributed by atoms with van der Waals surface area (Å²) in [4.78, 5) is 19.6. The van der Waals surface area contributed by atoms with E-state index >= 15 is 0 Å². The summed E-state index contributed by atoms with van der Waals surface area (Å²) in [5, 5.41) is 3.39. The SMILES string of the molecule is Cc1ccc(C23CC2CC(C(N)=O)N3)cc1-c1ncc(F)cn1.Cl. The molecule has 5 nitrogen and oxygen atoms in total. The van der Waals surface area contributed by atoms with Crippen LogP contribution < -0.4 is 11.1 Å². The predicted octanol–water partition coefficient (Wildman–Crippen LogP) is 2.08. The molecule has 3 atom stereocenters. The summed E-state index contributed by atoms with van der Waals surface area (Å²) in [5.41, 5.74) is 8.27. The summed E-state index contributed by atoms with van der Waals surface area (Å²) in [5.74, 6) is 0.185. The Hall–Kier alpha value is -2.05. The first-order valence-electron chi connectivity index (χ1n) is 7.66. The third-order valence-corrected chi connectivity index (χ3v) is 5.01. The number of aryl methyl sites for hydroxylation is 1. The van der Waals surface area contributed by atoms with Crippen molar-refractivity contribution in [3.8, 4) is 11.4 Å². The van der Waals surface area contributed by atoms with E-state index in [9.17, 15) is 9.18 Å². The van der Waals surface area contributed by atoms with Crippen LogP contribution in [0.1, 0.15) is 24.0 Å². The van der Waals surface area contributed by atoms with E-state index in [1.54, 1.807) is 0 Å². The number of fused-ring (bicyclic) bond motifs is 1. The Labute approximate surface area is 145 Å². The molecule has 0 spiro atoms. The predicted molar refractivity (Wildman–Crippen MR) is 89.9 cm³/mol. The van der Waals surface area contributed by atoms with E-state index in [-0.39, 0.29) is 29.9 Å². The maximum atomic E-state index is 13.0. The molecule has 1 aliphatic carbocycles. The first-order valence-corrected chi connectivity index (χ1v) is 7.66. The Morgan fingerprint density at radius 1 is 1.38 bits per heavy atom. The Bertz CT molecular complexity index is 798. The molecule has 2 aliphatic rings. The fourth-order valence-corrected chi connectivity index (χ4v) is 3.66. The van der Waals surface area contributed by atoms with Gasteiger partial charge in [0.05, 0.1) is 18.4 Å². The summed E-state index contributed by atoms with van der Waals surface area (Å²) in [6.07, 6.45) is 4.13. The van der Waals surface area contributed by atoms with Crippen molar-refractivity contribution in [1.82, 2.24) is 15.3 Å². The zero-order valence-corrected chi connectivity index (χ0v) is 13.9. The standard InChI is InChI=1S/C17H17FN4O.ClH/c1-9-2-3-10(4-13(9)16-20-7-12(18)8-21-16)17-6-11(17)5-14(22-17)15(19)23;/h2-4,7-8,11,14,22H,5-6H2,1H3,(H2,19,23);1H. The van der Waals surface area contributed by atoms with Crippen LogP contribution in [0.25, 0.3) is 11.4 Å². The Morgan fingerprint density at radius 3 is 2.71 bits per heavy atom. The van der Waals surface area contributed by atoms with Crippen LogP contribution in [0.4, 0.5) is 4.39 Å². The van der Waals surface area contributed by atoms with Crippen LogP contribution in [-0.2, 0) is 10.3 Å². The van der Waals surface area contributed by atoms with Gasteiger partial charge in [-0.2, -0.15) is 0 Å². The van der Waals surface area contributed by atoms with Gasteiger partial charge in [0.25, 0.3) is 0 Å². The number of carbonyl (C=O) groups is 1. The lowest BCUT2D eigenvalue weighted by molar-refractivity contribution is -0.120. The fourth-order valence-electron chi connectivity index (χ4n) is 3.66. The first kappa shape index (κ1) is 16.8. The molecule has 3 N–H and O–H groups in total. The highest BCUT2D eigenvalue weighted by Gasteiger charge is 2.62. The van der Waals surface area contributed by atoms with E-state index in [0.717, 1.165) is 29.5 Å². The van der Waals surface area contributed by atoms with Crippen LogP contribution in [-0.4, -0.2) is 21.9 Å². The van der Waals surface area contributed by atoms with Crippen LogP contribution in [0.5, 0.6) is 0 Å². The Balaban J connectivity index is 0.00000169. The van der Waals surface area contributed by atoms with Crippen molar-refractivity contribution in [1.29, 1.82) is 0 Å². The van der Waals surface area contributed by atoms with Crippen LogP contribution in [0.15, 0.2) is 30.6 Å². The van der Waals surface area contributed by atoms with Crippen LogP contribution >= 0.6 is 12.4 Å². The molecular formula is C17H18ClFN4O. The smallest absolute Gasteiger partial charge is 0.234 e. The molecule has 1 aliphatic heterocycles. The molecular weight excluding hydrogens is 331 g/mol. The van der Waals surface area contributed by atoms with Crippen LogP contribution in [0, 0.1) is 18.7 Å². The van der Waals surface area contributed by atoms with Crippen molar-refractivity contribution < 1.29 is 9.18 Å². The number of carbonyl (C=O) groups excluding carboxylic acids is 1. The highest BCUT2D eigenvalue weighted by atomic mass is 35.5. The van der Waals surface area contributed by atoms with E-state index in [0.29, 0.717) is 11.7 Å². The third-order valence-electron chi connectivity index (χ3n) is 5.01. The average Bonchev–Trinajstić information content (AvgIpc) is 3.10. The molecule has 7 heteroatoms. The summed E-state index contributed by atoms with van der Waals surface area (Å²) >= 11 is 0. The molecule has 1 aromatic carbocycles. The van der Waals surface area contributed by atoms with Gasteiger partial charge in [-0.1, -0.05) is 12.1 Å². The molecule has 24 heavy (non-hydrogen) atoms. The molecule has 1 amide bonds. The minimum Gasteiger partial charge on any atom is -0.368 e. The molecule has 0 radical (unpaired) electrons. The van der Waals surface area contributed by atoms with E-state index in [1.807, 2.05) is 19.1 Å². The van der Waals surface area contributed by atoms with Crippen molar-refractivity contribution >= 4 is 18.3 Å². The topological polar surface area (TPSA) is 80.9 Å². The zero-order chi connectivity index (χ0) is 16.2. The first-order chi connectivity index (χ1) is 11.0. The van der Waals surface area contributed by atoms with Gasteiger partial charge < -0.3 is 5.73 Å². The monoisotopic (exact) mass is 348 g/mol. The molecule has 3 unspecified atom stereocenters. The molecule has 1 saturated carbocycles. The van der Waals surface area contributed by atoms with Crippen LogP contribution in [0.2, 0.25) is 0 Å². The summed E-state index contributed by atoms with van der Waals surface area (Å²) < 4.78 is 13.0. The highest BCUT2D eigenvalue weighted by molar-refractivity contribution is 5.85. The minimum absolute atomic E-state index is 0. The van der Waals surface area contributed by atoms with Crippen molar-refractivity contribution in [2.45, 2.75) is 31.3 Å². The number of nitrogens with zero attached hydrogens (tertiary/aromatic N) is 2. The number of aromatic nitrogens is 2. The van der Waals surface area contributed by atoms with Gasteiger partial charge in [-0.3, -0.25) is 10.1 Å². The van der Waals surface area contributed by atoms with Crippen molar-refractivity contribution in [3.05, 3.63) is 47.5 Å². The zero-order valence-electron chi connectivity index (χ0n) is 13.1. The van der Waals surface area contributed by atoms with Gasteiger partial charge in [0, 0.05) is 11.1 Å². The second-order valence-corrected chi connectivity index (χ2v) is 6.46. The number of benzene rings is 1. The maximum Gasteiger partial charge on any atom is 0.234 e. The fraction of sp³-hybridized carbons (Fsp3) is 0.353. The van der Waals surface area contributed by atoms with Gasteiger partial charge in [0.1, 0.15) is 0 Å². The summed E-state index contributed by atoms with van der Waals surface area (Å²) in [6, 6.07) is 5.86. The van der Waals surface area contributed by atoms with Crippen molar-refractivity contribution in [2.75, 3.05) is 0 Å². The largest absolute Gasteiger partial charge is 0.368 e. The second kappa shape index (κ2) is 5.79. The van der Waals surface area contributed by atoms with E-state index in [4.69, 9.17) is 5.73 Å². The molecule has 4 rings (SSSR count). The molecule has 1 aromatic heterocycles. The van der Waals surface area contributed by atoms with Gasteiger partial charge in [-0.05, 0) is 42.9 Å². The molecule has 2 heterocycles. The lowest BCUT2D eigenvalue weighted by atomic mass is 9.97. The van der Waals surface area contributed by atoms with Gasteiger partial charge in [-0.25, -0.2) is 14.4 Å².